The van der Waals surface area contributed by atoms with Crippen LogP contribution in [0.25, 0.3) is 27.9 Å². The zero-order valence-electron chi connectivity index (χ0n) is 25.6. The molecule has 9 nitrogen and oxygen atoms in total. The van der Waals surface area contributed by atoms with Gasteiger partial charge in [-0.3, -0.25) is 4.40 Å². The molecule has 46 heavy (non-hydrogen) atoms. The van der Waals surface area contributed by atoms with Crippen LogP contribution in [0.15, 0.2) is 101 Å². The van der Waals surface area contributed by atoms with E-state index in [-0.39, 0.29) is 40.2 Å². The molecule has 0 radical (unpaired) electrons. The Morgan fingerprint density at radius 3 is 2.46 bits per heavy atom. The predicted octanol–water partition coefficient (Wildman–Crippen LogP) is 6.73. The number of carbonyl (C=O) groups is 1. The average molecular weight is 632 g/mol. The summed E-state index contributed by atoms with van der Waals surface area (Å²) in [5, 5.41) is 0. The number of ether oxygens (including phenoxy) is 1. The summed E-state index contributed by atoms with van der Waals surface area (Å²) in [7, 11) is -3.86. The van der Waals surface area contributed by atoms with E-state index in [2.05, 4.69) is 46.1 Å². The quantitative estimate of drug-likeness (QED) is 0.226. The maximum absolute atomic E-state index is 13.9. The van der Waals surface area contributed by atoms with Gasteiger partial charge in [-0.15, -0.1) is 0 Å². The molecule has 2 atom stereocenters. The number of H-pyrrole nitrogens is 1. The lowest BCUT2D eigenvalue weighted by atomic mass is 9.85. The van der Waals surface area contributed by atoms with Gasteiger partial charge in [-0.05, 0) is 59.2 Å². The summed E-state index contributed by atoms with van der Waals surface area (Å²) in [6.45, 7) is 5.31. The number of aryl methyl sites for hydroxylation is 1. The molecule has 1 N–H and O–H groups in total. The molecule has 8 rings (SSSR count). The van der Waals surface area contributed by atoms with Gasteiger partial charge in [0.05, 0.1) is 11.1 Å². The fourth-order valence-electron chi connectivity index (χ4n) is 7.22. The Kier molecular flexibility index (Phi) is 6.72. The summed E-state index contributed by atoms with van der Waals surface area (Å²) in [6, 6.07) is 23.5. The van der Waals surface area contributed by atoms with E-state index in [1.165, 1.54) is 28.5 Å². The Morgan fingerprint density at radius 2 is 1.72 bits per heavy atom. The Hall–Kier alpha value is -4.96. The number of aromatic nitrogens is 4. The molecular weight excluding hydrogens is 598 g/mol. The molecule has 4 heterocycles. The first-order valence-electron chi connectivity index (χ1n) is 15.6. The number of sulfone groups is 1. The van der Waals surface area contributed by atoms with Crippen molar-refractivity contribution in [3.63, 3.8) is 0 Å². The third-order valence-corrected chi connectivity index (χ3v) is 11.4. The first kappa shape index (κ1) is 28.5. The van der Waals surface area contributed by atoms with Crippen LogP contribution in [0.5, 0.6) is 0 Å². The number of piperidine rings is 1. The third-order valence-electron chi connectivity index (χ3n) is 9.67. The molecule has 1 aliphatic carbocycles. The normalized spacial score (nSPS) is 18.2. The summed E-state index contributed by atoms with van der Waals surface area (Å²) in [4.78, 5) is 27.9. The van der Waals surface area contributed by atoms with E-state index in [0.29, 0.717) is 29.9 Å². The molecule has 1 amide bonds. The molecule has 6 aromatic rings. The lowest BCUT2D eigenvalue weighted by Crippen LogP contribution is -2.43. The molecule has 1 saturated heterocycles. The second kappa shape index (κ2) is 10.8. The van der Waals surface area contributed by atoms with Crippen molar-refractivity contribution in [3.8, 4) is 11.1 Å². The third kappa shape index (κ3) is 4.50. The highest BCUT2D eigenvalue weighted by Crippen LogP contribution is 2.45. The SMILES string of the molecule is Cc1cccc(S(=O)(=O)c2c[nH]c3ncc4ncc(C5CN(C(=O)OCC6c7ccccc7-c7ccccc76)CCC5C)n4c23)c1. The molecule has 1 aliphatic heterocycles. The monoisotopic (exact) mass is 631 g/mol. The summed E-state index contributed by atoms with van der Waals surface area (Å²) in [6.07, 6.45) is 5.37. The Morgan fingerprint density at radius 1 is 0.978 bits per heavy atom. The molecule has 2 aliphatic rings. The second-order valence-electron chi connectivity index (χ2n) is 12.4. The Balaban J connectivity index is 1.10. The predicted molar refractivity (Wildman–Crippen MR) is 175 cm³/mol. The summed E-state index contributed by atoms with van der Waals surface area (Å²) < 4.78 is 35.7. The molecule has 232 valence electrons. The van der Waals surface area contributed by atoms with Gasteiger partial charge in [0, 0.05) is 43.0 Å². The van der Waals surface area contributed by atoms with Crippen molar-refractivity contribution in [1.29, 1.82) is 0 Å². The summed E-state index contributed by atoms with van der Waals surface area (Å²) >= 11 is 0. The van der Waals surface area contributed by atoms with E-state index in [9.17, 15) is 13.2 Å². The van der Waals surface area contributed by atoms with Gasteiger partial charge in [0.2, 0.25) is 9.84 Å². The molecule has 3 aromatic heterocycles. The van der Waals surface area contributed by atoms with Crippen LogP contribution < -0.4 is 0 Å². The van der Waals surface area contributed by atoms with Crippen LogP contribution in [0.1, 0.15) is 47.6 Å². The van der Waals surface area contributed by atoms with Crippen LogP contribution in [0.4, 0.5) is 4.79 Å². The molecule has 0 saturated carbocycles. The van der Waals surface area contributed by atoms with Crippen LogP contribution in [-0.4, -0.2) is 58.5 Å². The summed E-state index contributed by atoms with van der Waals surface area (Å²) in [5.74, 6) is 0.105. The lowest BCUT2D eigenvalue weighted by Gasteiger charge is -2.36. The number of amides is 1. The van der Waals surface area contributed by atoms with Crippen LogP contribution >= 0.6 is 0 Å². The first-order valence-corrected chi connectivity index (χ1v) is 17.0. The Labute approximate surface area is 266 Å². The number of nitrogens with one attached hydrogen (secondary N) is 1. The number of imidazole rings is 1. The number of hydrogen-bond donors (Lipinski definition) is 1. The highest BCUT2D eigenvalue weighted by Gasteiger charge is 2.35. The van der Waals surface area contributed by atoms with Crippen LogP contribution in [0, 0.1) is 12.8 Å². The average Bonchev–Trinajstić information content (AvgIpc) is 3.78. The van der Waals surface area contributed by atoms with E-state index in [0.717, 1.165) is 17.7 Å². The molecule has 3 aromatic carbocycles. The minimum Gasteiger partial charge on any atom is -0.448 e. The largest absolute Gasteiger partial charge is 0.448 e. The highest BCUT2D eigenvalue weighted by molar-refractivity contribution is 7.91. The molecule has 0 bridgehead atoms. The van der Waals surface area contributed by atoms with Gasteiger partial charge < -0.3 is 14.6 Å². The van der Waals surface area contributed by atoms with E-state index in [1.807, 2.05) is 41.7 Å². The van der Waals surface area contributed by atoms with E-state index in [1.54, 1.807) is 35.5 Å². The van der Waals surface area contributed by atoms with Crippen LogP contribution in [-0.2, 0) is 14.6 Å². The second-order valence-corrected chi connectivity index (χ2v) is 14.3. The highest BCUT2D eigenvalue weighted by atomic mass is 32.2. The zero-order chi connectivity index (χ0) is 31.6. The standard InChI is InChI=1S/C36H33N5O4S/c1-22-8-7-9-24(16-22)46(43,44)32-18-38-35-34(32)41-31(17-37-33(41)19-39-35)29-20-40(15-14-23(29)2)36(42)45-21-30-27-12-5-3-10-25(27)26-11-4-6-13-28(26)30/h3-13,16-19,23,29-30,38H,14-15,20-21H2,1-2H3. The Bertz CT molecular complexity index is 2210. The summed E-state index contributed by atoms with van der Waals surface area (Å²) in [5.41, 5.74) is 7.88. The lowest BCUT2D eigenvalue weighted by molar-refractivity contribution is 0.0808. The van der Waals surface area contributed by atoms with Gasteiger partial charge in [-0.2, -0.15) is 0 Å². The van der Waals surface area contributed by atoms with Crippen molar-refractivity contribution in [2.45, 2.75) is 41.9 Å². The van der Waals surface area contributed by atoms with Crippen molar-refractivity contribution < 1.29 is 17.9 Å². The number of fused-ring (bicyclic) bond motifs is 6. The minimum atomic E-state index is -3.86. The maximum Gasteiger partial charge on any atom is 0.409 e. The van der Waals surface area contributed by atoms with Crippen molar-refractivity contribution in [3.05, 3.63) is 114 Å². The number of benzene rings is 3. The number of carbonyl (C=O) groups excluding carboxylic acids is 1. The van der Waals surface area contributed by atoms with Gasteiger partial charge in [-0.1, -0.05) is 67.6 Å². The molecule has 1 fully saturated rings. The number of aromatic amines is 1. The first-order chi connectivity index (χ1) is 22.3. The number of hydrogen-bond acceptors (Lipinski definition) is 6. The number of nitrogens with zero attached hydrogens (tertiary/aromatic N) is 4. The van der Waals surface area contributed by atoms with Crippen molar-refractivity contribution >= 4 is 32.7 Å². The fourth-order valence-corrected chi connectivity index (χ4v) is 8.73. The van der Waals surface area contributed by atoms with Gasteiger partial charge >= 0.3 is 6.09 Å². The maximum atomic E-state index is 13.9. The van der Waals surface area contributed by atoms with Crippen LogP contribution in [0.3, 0.4) is 0 Å². The smallest absolute Gasteiger partial charge is 0.409 e. The topological polar surface area (TPSA) is 110 Å². The van der Waals surface area contributed by atoms with Gasteiger partial charge in [0.1, 0.15) is 17.0 Å². The van der Waals surface area contributed by atoms with E-state index >= 15 is 0 Å². The number of likely N-dealkylation sites (tertiary alicyclic amines) is 1. The molecule has 2 unspecified atom stereocenters. The van der Waals surface area contributed by atoms with Crippen molar-refractivity contribution in [1.82, 2.24) is 24.3 Å². The van der Waals surface area contributed by atoms with Crippen molar-refractivity contribution in [2.75, 3.05) is 19.7 Å². The van der Waals surface area contributed by atoms with E-state index < -0.39 is 9.84 Å². The number of rotatable bonds is 5. The fraction of sp³-hybridized carbons (Fsp3) is 0.250. The molecular formula is C36H33N5O4S. The van der Waals surface area contributed by atoms with Crippen LogP contribution in [0.2, 0.25) is 0 Å². The molecule has 10 heteroatoms. The van der Waals surface area contributed by atoms with Gasteiger partial charge in [0.25, 0.3) is 0 Å². The van der Waals surface area contributed by atoms with Gasteiger partial charge in [-0.25, -0.2) is 23.2 Å². The minimum absolute atomic E-state index is 0.0159. The van der Waals surface area contributed by atoms with E-state index in [4.69, 9.17) is 4.74 Å². The molecule has 0 spiro atoms. The van der Waals surface area contributed by atoms with Gasteiger partial charge in [0.15, 0.2) is 11.3 Å². The zero-order valence-corrected chi connectivity index (χ0v) is 26.4. The van der Waals surface area contributed by atoms with Crippen molar-refractivity contribution in [2.24, 2.45) is 5.92 Å².